The molecule has 0 saturated carbocycles. The highest BCUT2D eigenvalue weighted by molar-refractivity contribution is 6.21. The van der Waals surface area contributed by atoms with Gasteiger partial charge in [-0.3, -0.25) is 19.3 Å². The van der Waals surface area contributed by atoms with Crippen molar-refractivity contribution in [1.82, 2.24) is 4.90 Å². The van der Waals surface area contributed by atoms with Crippen molar-refractivity contribution in [3.63, 3.8) is 0 Å². The van der Waals surface area contributed by atoms with E-state index in [4.69, 9.17) is 0 Å². The van der Waals surface area contributed by atoms with Gasteiger partial charge in [-0.1, -0.05) is 18.6 Å². The topological polar surface area (TPSA) is 92.8 Å². The van der Waals surface area contributed by atoms with Crippen molar-refractivity contribution in [2.45, 2.75) is 25.7 Å². The van der Waals surface area contributed by atoms with E-state index in [9.17, 15) is 19.2 Å². The molecule has 0 fully saturated rings. The van der Waals surface area contributed by atoms with Gasteiger partial charge in [-0.05, 0) is 49.2 Å². The summed E-state index contributed by atoms with van der Waals surface area (Å²) in [5, 5.41) is 2.77. The first-order chi connectivity index (χ1) is 14.0. The quantitative estimate of drug-likeness (QED) is 0.421. The Morgan fingerprint density at radius 1 is 0.897 bits per heavy atom. The van der Waals surface area contributed by atoms with Crippen LogP contribution in [-0.4, -0.2) is 42.2 Å². The number of rotatable bonds is 8. The van der Waals surface area contributed by atoms with Crippen molar-refractivity contribution in [3.05, 3.63) is 65.2 Å². The van der Waals surface area contributed by atoms with Gasteiger partial charge in [0.15, 0.2) is 0 Å². The number of hydrogen-bond donors (Lipinski definition) is 1. The van der Waals surface area contributed by atoms with Crippen LogP contribution in [0.1, 0.15) is 56.8 Å². The van der Waals surface area contributed by atoms with Crippen molar-refractivity contribution in [1.29, 1.82) is 0 Å². The van der Waals surface area contributed by atoms with E-state index in [2.05, 4.69) is 10.1 Å². The van der Waals surface area contributed by atoms with Crippen LogP contribution in [0.15, 0.2) is 48.5 Å². The molecule has 1 aliphatic rings. The standard InChI is InChI=1S/C22H22N2O5/c1-29-22(28)15-10-12-16(13-11-15)23-19(25)9-3-2-6-14-24-20(26)17-7-4-5-8-18(17)21(24)27/h4-5,7-8,10-13H,2-3,6,9,14H2,1H3,(H,23,25). The zero-order valence-electron chi connectivity index (χ0n) is 16.1. The third kappa shape index (κ3) is 4.68. The van der Waals surface area contributed by atoms with Crippen LogP contribution in [0.2, 0.25) is 0 Å². The van der Waals surface area contributed by atoms with Crippen LogP contribution >= 0.6 is 0 Å². The third-order valence-corrected chi connectivity index (χ3v) is 4.75. The number of methoxy groups -OCH3 is 1. The van der Waals surface area contributed by atoms with Crippen molar-refractivity contribution >= 4 is 29.4 Å². The maximum Gasteiger partial charge on any atom is 0.337 e. The first-order valence-electron chi connectivity index (χ1n) is 9.44. The molecule has 1 heterocycles. The molecule has 0 unspecified atom stereocenters. The van der Waals surface area contributed by atoms with Crippen LogP contribution in [0.3, 0.4) is 0 Å². The Kier molecular flexibility index (Phi) is 6.39. The average Bonchev–Trinajstić information content (AvgIpc) is 2.98. The van der Waals surface area contributed by atoms with Gasteiger partial charge in [0.1, 0.15) is 0 Å². The van der Waals surface area contributed by atoms with Gasteiger partial charge < -0.3 is 10.1 Å². The number of fused-ring (bicyclic) bond motifs is 1. The van der Waals surface area contributed by atoms with Gasteiger partial charge in [-0.15, -0.1) is 0 Å². The lowest BCUT2D eigenvalue weighted by atomic mass is 10.1. The zero-order valence-corrected chi connectivity index (χ0v) is 16.1. The Morgan fingerprint density at radius 3 is 2.10 bits per heavy atom. The van der Waals surface area contributed by atoms with Gasteiger partial charge >= 0.3 is 5.97 Å². The second-order valence-corrected chi connectivity index (χ2v) is 6.74. The molecule has 0 aliphatic carbocycles. The van der Waals surface area contributed by atoms with Crippen molar-refractivity contribution < 1.29 is 23.9 Å². The number of ether oxygens (including phenoxy) is 1. The number of imide groups is 1. The minimum atomic E-state index is -0.430. The van der Waals surface area contributed by atoms with Crippen LogP contribution in [0.5, 0.6) is 0 Å². The zero-order chi connectivity index (χ0) is 20.8. The van der Waals surface area contributed by atoms with Gasteiger partial charge in [-0.2, -0.15) is 0 Å². The van der Waals surface area contributed by atoms with Gasteiger partial charge in [-0.25, -0.2) is 4.79 Å². The fourth-order valence-electron chi connectivity index (χ4n) is 3.21. The molecule has 0 atom stereocenters. The van der Waals surface area contributed by atoms with E-state index in [0.717, 1.165) is 6.42 Å². The summed E-state index contributed by atoms with van der Waals surface area (Å²) >= 11 is 0. The number of nitrogens with one attached hydrogen (secondary N) is 1. The summed E-state index contributed by atoms with van der Waals surface area (Å²) in [6, 6.07) is 13.3. The largest absolute Gasteiger partial charge is 0.465 e. The maximum atomic E-state index is 12.3. The molecule has 7 nitrogen and oxygen atoms in total. The lowest BCUT2D eigenvalue weighted by Gasteiger charge is -2.13. The molecule has 0 spiro atoms. The number of nitrogens with zero attached hydrogens (tertiary/aromatic N) is 1. The van der Waals surface area contributed by atoms with E-state index in [1.54, 1.807) is 48.5 Å². The number of amides is 3. The summed E-state index contributed by atoms with van der Waals surface area (Å²) in [5.74, 6) is -1.06. The minimum absolute atomic E-state index is 0.128. The number of esters is 1. The van der Waals surface area contributed by atoms with Crippen LogP contribution in [0.4, 0.5) is 5.69 Å². The molecule has 1 N–H and O–H groups in total. The van der Waals surface area contributed by atoms with Gasteiger partial charge in [0, 0.05) is 18.7 Å². The smallest absolute Gasteiger partial charge is 0.337 e. The summed E-state index contributed by atoms with van der Waals surface area (Å²) < 4.78 is 4.63. The summed E-state index contributed by atoms with van der Waals surface area (Å²) in [6.07, 6.45) is 2.35. The number of anilines is 1. The van der Waals surface area contributed by atoms with Crippen LogP contribution < -0.4 is 5.32 Å². The van der Waals surface area contributed by atoms with Gasteiger partial charge in [0.25, 0.3) is 11.8 Å². The van der Waals surface area contributed by atoms with E-state index in [0.29, 0.717) is 48.2 Å². The monoisotopic (exact) mass is 394 g/mol. The van der Waals surface area contributed by atoms with E-state index in [1.165, 1.54) is 12.0 Å². The van der Waals surface area contributed by atoms with Crippen LogP contribution in [0.25, 0.3) is 0 Å². The summed E-state index contributed by atoms with van der Waals surface area (Å²) in [6.45, 7) is 0.350. The predicted molar refractivity (Wildman–Crippen MR) is 107 cm³/mol. The minimum Gasteiger partial charge on any atom is -0.465 e. The Morgan fingerprint density at radius 2 is 1.52 bits per heavy atom. The summed E-state index contributed by atoms with van der Waals surface area (Å²) in [5.41, 5.74) is 1.93. The van der Waals surface area contributed by atoms with E-state index in [-0.39, 0.29) is 17.7 Å². The fraction of sp³-hybridized carbons (Fsp3) is 0.273. The summed E-state index contributed by atoms with van der Waals surface area (Å²) in [7, 11) is 1.31. The Labute approximate surface area is 168 Å². The Hall–Kier alpha value is -3.48. The Bertz CT molecular complexity index is 901. The maximum absolute atomic E-state index is 12.3. The lowest BCUT2D eigenvalue weighted by molar-refractivity contribution is -0.116. The molecule has 0 aromatic heterocycles. The van der Waals surface area contributed by atoms with Crippen LogP contribution in [-0.2, 0) is 9.53 Å². The first kappa shape index (κ1) is 20.3. The lowest BCUT2D eigenvalue weighted by Crippen LogP contribution is -2.30. The number of unbranched alkanes of at least 4 members (excludes halogenated alkanes) is 2. The summed E-state index contributed by atoms with van der Waals surface area (Å²) in [4.78, 5) is 49.3. The van der Waals surface area contributed by atoms with Crippen molar-refractivity contribution in [3.8, 4) is 0 Å². The van der Waals surface area contributed by atoms with Gasteiger partial charge in [0.05, 0.1) is 23.8 Å². The molecular weight excluding hydrogens is 372 g/mol. The molecule has 1 aliphatic heterocycles. The molecule has 0 bridgehead atoms. The highest BCUT2D eigenvalue weighted by atomic mass is 16.5. The highest BCUT2D eigenvalue weighted by Crippen LogP contribution is 2.22. The molecule has 3 rings (SSSR count). The first-order valence-corrected chi connectivity index (χ1v) is 9.44. The second kappa shape index (κ2) is 9.14. The number of carbonyl (C=O) groups excluding carboxylic acids is 4. The number of benzene rings is 2. The van der Waals surface area contributed by atoms with E-state index >= 15 is 0 Å². The second-order valence-electron chi connectivity index (χ2n) is 6.74. The van der Waals surface area contributed by atoms with E-state index in [1.807, 2.05) is 0 Å². The SMILES string of the molecule is COC(=O)c1ccc(NC(=O)CCCCCN2C(=O)c3ccccc3C2=O)cc1. The molecule has 3 amide bonds. The normalized spacial score (nSPS) is 12.7. The molecule has 150 valence electrons. The molecule has 2 aromatic carbocycles. The molecule has 29 heavy (non-hydrogen) atoms. The third-order valence-electron chi connectivity index (χ3n) is 4.75. The van der Waals surface area contributed by atoms with E-state index < -0.39 is 5.97 Å². The number of carbonyl (C=O) groups is 4. The van der Waals surface area contributed by atoms with Gasteiger partial charge in [0.2, 0.25) is 5.91 Å². The predicted octanol–water partition coefficient (Wildman–Crippen LogP) is 3.27. The number of hydrogen-bond acceptors (Lipinski definition) is 5. The fourth-order valence-corrected chi connectivity index (χ4v) is 3.21. The molecule has 2 aromatic rings. The Balaban J connectivity index is 1.38. The molecule has 7 heteroatoms. The highest BCUT2D eigenvalue weighted by Gasteiger charge is 2.34. The van der Waals surface area contributed by atoms with Crippen molar-refractivity contribution in [2.75, 3.05) is 19.0 Å². The van der Waals surface area contributed by atoms with Crippen LogP contribution in [0, 0.1) is 0 Å². The average molecular weight is 394 g/mol. The molecular formula is C22H22N2O5. The molecule has 0 radical (unpaired) electrons. The van der Waals surface area contributed by atoms with Crippen molar-refractivity contribution in [2.24, 2.45) is 0 Å². The molecule has 0 saturated heterocycles.